The minimum atomic E-state index is 0.129. The van der Waals surface area contributed by atoms with Gasteiger partial charge in [-0.3, -0.25) is 4.79 Å². The molecule has 1 fully saturated rings. The Bertz CT molecular complexity index is 529. The quantitative estimate of drug-likeness (QED) is 0.770. The average Bonchev–Trinajstić information content (AvgIpc) is 2.60. The van der Waals surface area contributed by atoms with Crippen molar-refractivity contribution in [3.63, 3.8) is 0 Å². The number of nitrogens with zero attached hydrogens (tertiary/aromatic N) is 2. The van der Waals surface area contributed by atoms with Gasteiger partial charge in [-0.2, -0.15) is 0 Å². The SMILES string of the molecule is CCOCCC(=O)N1CCN(c2ccc(CNC(C)(C)C)cc2)CC1. The lowest BCUT2D eigenvalue weighted by Crippen LogP contribution is -2.49. The summed E-state index contributed by atoms with van der Waals surface area (Å²) in [5.41, 5.74) is 2.66. The smallest absolute Gasteiger partial charge is 0.225 e. The molecule has 0 unspecified atom stereocenters. The maximum Gasteiger partial charge on any atom is 0.225 e. The van der Waals surface area contributed by atoms with Crippen LogP contribution in [0.5, 0.6) is 0 Å². The van der Waals surface area contributed by atoms with E-state index in [1.54, 1.807) is 0 Å². The fraction of sp³-hybridized carbons (Fsp3) is 0.650. The van der Waals surface area contributed by atoms with Gasteiger partial charge in [-0.25, -0.2) is 0 Å². The molecule has 5 heteroatoms. The van der Waals surface area contributed by atoms with Crippen LogP contribution in [0.3, 0.4) is 0 Å². The molecule has 25 heavy (non-hydrogen) atoms. The summed E-state index contributed by atoms with van der Waals surface area (Å²) >= 11 is 0. The first-order valence-electron chi connectivity index (χ1n) is 9.33. The lowest BCUT2D eigenvalue weighted by atomic mass is 10.1. The Balaban J connectivity index is 1.79. The molecule has 0 aromatic heterocycles. The van der Waals surface area contributed by atoms with Crippen molar-refractivity contribution < 1.29 is 9.53 Å². The highest BCUT2D eigenvalue weighted by Crippen LogP contribution is 2.18. The van der Waals surface area contributed by atoms with Crippen molar-refractivity contribution in [2.75, 3.05) is 44.3 Å². The van der Waals surface area contributed by atoms with Gasteiger partial charge < -0.3 is 19.9 Å². The van der Waals surface area contributed by atoms with Gasteiger partial charge in [0.2, 0.25) is 5.91 Å². The van der Waals surface area contributed by atoms with E-state index in [0.29, 0.717) is 19.6 Å². The molecule has 1 aliphatic rings. The molecule has 0 saturated carbocycles. The van der Waals surface area contributed by atoms with Gasteiger partial charge in [0.15, 0.2) is 0 Å². The standard InChI is InChI=1S/C20H33N3O2/c1-5-25-15-10-19(24)23-13-11-22(12-14-23)18-8-6-17(7-9-18)16-21-20(2,3)4/h6-9,21H,5,10-16H2,1-4H3. The monoisotopic (exact) mass is 347 g/mol. The zero-order valence-corrected chi connectivity index (χ0v) is 16.2. The van der Waals surface area contributed by atoms with E-state index < -0.39 is 0 Å². The molecule has 0 spiro atoms. The van der Waals surface area contributed by atoms with Gasteiger partial charge in [0.25, 0.3) is 0 Å². The Morgan fingerprint density at radius 3 is 2.32 bits per heavy atom. The van der Waals surface area contributed by atoms with Crippen molar-refractivity contribution in [1.82, 2.24) is 10.2 Å². The number of nitrogens with one attached hydrogen (secondary N) is 1. The third-order valence-electron chi connectivity index (χ3n) is 4.42. The molecule has 5 nitrogen and oxygen atoms in total. The summed E-state index contributed by atoms with van der Waals surface area (Å²) in [6.45, 7) is 13.9. The Morgan fingerprint density at radius 2 is 1.76 bits per heavy atom. The number of hydrogen-bond donors (Lipinski definition) is 1. The molecule has 140 valence electrons. The van der Waals surface area contributed by atoms with Gasteiger partial charge in [-0.1, -0.05) is 12.1 Å². The Morgan fingerprint density at radius 1 is 1.12 bits per heavy atom. The first kappa shape index (κ1) is 19.7. The fourth-order valence-electron chi connectivity index (χ4n) is 2.87. The number of hydrogen-bond acceptors (Lipinski definition) is 4. The Hall–Kier alpha value is -1.59. The van der Waals surface area contributed by atoms with Crippen molar-refractivity contribution in [3.8, 4) is 0 Å². The van der Waals surface area contributed by atoms with Gasteiger partial charge in [0, 0.05) is 50.6 Å². The van der Waals surface area contributed by atoms with Crippen LogP contribution in [-0.4, -0.2) is 55.7 Å². The van der Waals surface area contributed by atoms with E-state index in [2.05, 4.69) is 55.3 Å². The molecule has 1 amide bonds. The average molecular weight is 348 g/mol. The molecule has 1 aromatic carbocycles. The topological polar surface area (TPSA) is 44.8 Å². The van der Waals surface area contributed by atoms with Crippen LogP contribution in [0.1, 0.15) is 39.7 Å². The third kappa shape index (κ3) is 6.67. The second-order valence-corrected chi connectivity index (χ2v) is 7.58. The Kier molecular flexibility index (Phi) is 7.26. The molecule has 1 N–H and O–H groups in total. The number of carbonyl (C=O) groups excluding carboxylic acids is 1. The van der Waals surface area contributed by atoms with Gasteiger partial charge in [0.1, 0.15) is 0 Å². The number of amides is 1. The maximum absolute atomic E-state index is 12.1. The molecule has 1 heterocycles. The van der Waals surface area contributed by atoms with E-state index in [1.165, 1.54) is 11.3 Å². The first-order valence-corrected chi connectivity index (χ1v) is 9.33. The van der Waals surface area contributed by atoms with Crippen LogP contribution >= 0.6 is 0 Å². The molecule has 0 bridgehead atoms. The van der Waals surface area contributed by atoms with Crippen LogP contribution in [-0.2, 0) is 16.1 Å². The summed E-state index contributed by atoms with van der Waals surface area (Å²) in [5.74, 6) is 0.205. The van der Waals surface area contributed by atoms with Crippen LogP contribution in [0.15, 0.2) is 24.3 Å². The van der Waals surface area contributed by atoms with Gasteiger partial charge >= 0.3 is 0 Å². The summed E-state index contributed by atoms with van der Waals surface area (Å²) in [5, 5.41) is 3.51. The fourth-order valence-corrected chi connectivity index (χ4v) is 2.87. The molecule has 1 aromatic rings. The largest absolute Gasteiger partial charge is 0.381 e. The van der Waals surface area contributed by atoms with Crippen LogP contribution in [0.25, 0.3) is 0 Å². The molecule has 0 aliphatic carbocycles. The molecule has 1 saturated heterocycles. The summed E-state index contributed by atoms with van der Waals surface area (Å²) in [7, 11) is 0. The van der Waals surface area contributed by atoms with Gasteiger partial charge in [-0.15, -0.1) is 0 Å². The van der Waals surface area contributed by atoms with E-state index in [4.69, 9.17) is 4.74 Å². The highest BCUT2D eigenvalue weighted by Gasteiger charge is 2.21. The zero-order valence-electron chi connectivity index (χ0n) is 16.2. The molecular formula is C20H33N3O2. The highest BCUT2D eigenvalue weighted by atomic mass is 16.5. The number of rotatable bonds is 7. The summed E-state index contributed by atoms with van der Waals surface area (Å²) in [6.07, 6.45) is 0.489. The predicted molar refractivity (Wildman–Crippen MR) is 103 cm³/mol. The van der Waals surface area contributed by atoms with Gasteiger partial charge in [0.05, 0.1) is 13.0 Å². The minimum absolute atomic E-state index is 0.129. The highest BCUT2D eigenvalue weighted by molar-refractivity contribution is 5.76. The van der Waals surface area contributed by atoms with E-state index in [-0.39, 0.29) is 11.4 Å². The first-order chi connectivity index (χ1) is 11.9. The number of anilines is 1. The van der Waals surface area contributed by atoms with E-state index in [9.17, 15) is 4.79 Å². The minimum Gasteiger partial charge on any atom is -0.381 e. The summed E-state index contributed by atoms with van der Waals surface area (Å²) < 4.78 is 5.27. The predicted octanol–water partition coefficient (Wildman–Crippen LogP) is 2.65. The van der Waals surface area contributed by atoms with Crippen LogP contribution < -0.4 is 10.2 Å². The van der Waals surface area contributed by atoms with E-state index >= 15 is 0 Å². The van der Waals surface area contributed by atoms with Crippen LogP contribution in [0.2, 0.25) is 0 Å². The maximum atomic E-state index is 12.1. The molecule has 0 atom stereocenters. The molecule has 1 aliphatic heterocycles. The number of piperazine rings is 1. The Labute approximate surface area is 152 Å². The number of benzene rings is 1. The third-order valence-corrected chi connectivity index (χ3v) is 4.42. The second kappa shape index (κ2) is 9.20. The normalized spacial score (nSPS) is 15.5. The zero-order chi connectivity index (χ0) is 18.3. The summed E-state index contributed by atoms with van der Waals surface area (Å²) in [6, 6.07) is 8.75. The van der Waals surface area contributed by atoms with E-state index in [0.717, 1.165) is 32.7 Å². The molecule has 2 rings (SSSR count). The lowest BCUT2D eigenvalue weighted by Gasteiger charge is -2.36. The number of ether oxygens (including phenoxy) is 1. The lowest BCUT2D eigenvalue weighted by molar-refractivity contribution is -0.132. The molecule has 0 radical (unpaired) electrons. The van der Waals surface area contributed by atoms with E-state index in [1.807, 2.05) is 11.8 Å². The van der Waals surface area contributed by atoms with Crippen molar-refractivity contribution in [2.45, 2.75) is 46.2 Å². The van der Waals surface area contributed by atoms with Gasteiger partial charge in [-0.05, 0) is 45.4 Å². The summed E-state index contributed by atoms with van der Waals surface area (Å²) in [4.78, 5) is 16.4. The van der Waals surface area contributed by atoms with Crippen LogP contribution in [0.4, 0.5) is 5.69 Å². The van der Waals surface area contributed by atoms with Crippen LogP contribution in [0, 0.1) is 0 Å². The molecular weight excluding hydrogens is 314 g/mol. The van der Waals surface area contributed by atoms with Crippen molar-refractivity contribution in [3.05, 3.63) is 29.8 Å². The van der Waals surface area contributed by atoms with Crippen molar-refractivity contribution >= 4 is 11.6 Å². The number of carbonyl (C=O) groups is 1. The van der Waals surface area contributed by atoms with Crippen molar-refractivity contribution in [2.24, 2.45) is 0 Å². The van der Waals surface area contributed by atoms with Crippen molar-refractivity contribution in [1.29, 1.82) is 0 Å². The second-order valence-electron chi connectivity index (χ2n) is 7.58.